The molecule has 0 saturated carbocycles. The molecule has 1 saturated heterocycles. The van der Waals surface area contributed by atoms with Crippen LogP contribution in [0.25, 0.3) is 0 Å². The molecule has 0 spiro atoms. The molecule has 5 nitrogen and oxygen atoms in total. The van der Waals surface area contributed by atoms with Gasteiger partial charge in [-0.25, -0.2) is 9.78 Å². The summed E-state index contributed by atoms with van der Waals surface area (Å²) in [5.74, 6) is 0. The van der Waals surface area contributed by atoms with E-state index in [4.69, 9.17) is 5.11 Å². The summed E-state index contributed by atoms with van der Waals surface area (Å²) in [6.07, 6.45) is 4.44. The van der Waals surface area contributed by atoms with Crippen LogP contribution in [-0.4, -0.2) is 38.2 Å². The van der Waals surface area contributed by atoms with E-state index in [0.29, 0.717) is 6.54 Å². The number of likely N-dealkylation sites (tertiary alicyclic amines) is 1. The van der Waals surface area contributed by atoms with Crippen molar-refractivity contribution < 1.29 is 9.90 Å². The highest BCUT2D eigenvalue weighted by Gasteiger charge is 2.39. The molecule has 0 radical (unpaired) electrons. The van der Waals surface area contributed by atoms with Gasteiger partial charge in [0.05, 0.1) is 18.4 Å². The summed E-state index contributed by atoms with van der Waals surface area (Å²) in [4.78, 5) is 16.0. The van der Waals surface area contributed by atoms with Gasteiger partial charge in [-0.05, 0) is 6.92 Å². The van der Waals surface area contributed by atoms with Gasteiger partial charge in [-0.15, -0.1) is 0 Å². The smallest absolute Gasteiger partial charge is 0.407 e. The molecule has 1 aliphatic rings. The maximum absolute atomic E-state index is 10.6. The molecule has 5 heteroatoms. The topological polar surface area (TPSA) is 58.4 Å². The number of nitrogens with zero attached hydrogens (tertiary/aromatic N) is 3. The van der Waals surface area contributed by atoms with Crippen LogP contribution in [0.5, 0.6) is 0 Å². The first-order valence-electron chi connectivity index (χ1n) is 4.17. The Hall–Kier alpha value is -1.52. The fraction of sp³-hybridized carbons (Fsp3) is 0.500. The molecular formula is C8H11N3O2. The van der Waals surface area contributed by atoms with E-state index in [2.05, 4.69) is 4.98 Å². The minimum atomic E-state index is -0.844. The molecule has 70 valence electrons. The fourth-order valence-electron chi connectivity index (χ4n) is 1.65. The van der Waals surface area contributed by atoms with Gasteiger partial charge in [0.15, 0.2) is 0 Å². The second-order valence-corrected chi connectivity index (χ2v) is 3.25. The van der Waals surface area contributed by atoms with Gasteiger partial charge in [-0.3, -0.25) is 0 Å². The molecule has 0 aromatic carbocycles. The molecule has 0 bridgehead atoms. The monoisotopic (exact) mass is 181 g/mol. The van der Waals surface area contributed by atoms with E-state index in [0.717, 1.165) is 0 Å². The van der Waals surface area contributed by atoms with E-state index in [1.807, 2.05) is 17.7 Å². The fourth-order valence-corrected chi connectivity index (χ4v) is 1.65. The van der Waals surface area contributed by atoms with Crippen molar-refractivity contribution in [3.63, 3.8) is 0 Å². The number of carboxylic acid groups (broad SMARTS) is 1. The summed E-state index contributed by atoms with van der Waals surface area (Å²) in [5.41, 5.74) is 0. The average Bonchev–Trinajstić information content (AvgIpc) is 2.54. The molecule has 2 rings (SSSR count). The summed E-state index contributed by atoms with van der Waals surface area (Å²) in [7, 11) is 0. The molecular weight excluding hydrogens is 170 g/mol. The van der Waals surface area contributed by atoms with Crippen LogP contribution in [0.4, 0.5) is 4.79 Å². The minimum Gasteiger partial charge on any atom is -0.465 e. The first kappa shape index (κ1) is 8.10. The van der Waals surface area contributed by atoms with E-state index in [9.17, 15) is 4.79 Å². The summed E-state index contributed by atoms with van der Waals surface area (Å²) in [6, 6.07) is 0.297. The standard InChI is InChI=1S/C8H11N3O2/c1-6-7(4-11(6)8(12)13)10-3-2-9-5-10/h2-3,5-7H,4H2,1H3,(H,12,13)/t6-,7+/m1/s1. The van der Waals surface area contributed by atoms with E-state index >= 15 is 0 Å². The van der Waals surface area contributed by atoms with E-state index in [1.54, 1.807) is 12.5 Å². The Morgan fingerprint density at radius 3 is 2.92 bits per heavy atom. The SMILES string of the molecule is C[C@@H]1[C@@H](n2ccnc2)CN1C(=O)O. The third kappa shape index (κ3) is 1.16. The Labute approximate surface area is 75.6 Å². The van der Waals surface area contributed by atoms with Crippen LogP contribution in [0.15, 0.2) is 18.7 Å². The van der Waals surface area contributed by atoms with E-state index in [-0.39, 0.29) is 12.1 Å². The van der Waals surface area contributed by atoms with Crippen molar-refractivity contribution in [1.29, 1.82) is 0 Å². The predicted octanol–water partition coefficient (Wildman–Crippen LogP) is 0.806. The predicted molar refractivity (Wildman–Crippen MR) is 45.5 cm³/mol. The lowest BCUT2D eigenvalue weighted by Crippen LogP contribution is -2.56. The largest absolute Gasteiger partial charge is 0.465 e. The normalized spacial score (nSPS) is 27.0. The lowest BCUT2D eigenvalue weighted by molar-refractivity contribution is 0.0388. The zero-order valence-corrected chi connectivity index (χ0v) is 7.29. The van der Waals surface area contributed by atoms with Crippen molar-refractivity contribution in [2.75, 3.05) is 6.54 Å². The number of rotatable bonds is 1. The third-order valence-electron chi connectivity index (χ3n) is 2.59. The van der Waals surface area contributed by atoms with Crippen LogP contribution in [0.2, 0.25) is 0 Å². The Bertz CT molecular complexity index is 309. The van der Waals surface area contributed by atoms with Gasteiger partial charge < -0.3 is 14.6 Å². The second kappa shape index (κ2) is 2.76. The first-order valence-corrected chi connectivity index (χ1v) is 4.17. The number of hydrogen-bond donors (Lipinski definition) is 1. The molecule has 1 amide bonds. The summed E-state index contributed by atoms with van der Waals surface area (Å²) >= 11 is 0. The molecule has 1 aromatic rings. The number of imidazole rings is 1. The number of carbonyl (C=O) groups is 1. The second-order valence-electron chi connectivity index (χ2n) is 3.25. The zero-order chi connectivity index (χ0) is 9.42. The lowest BCUT2D eigenvalue weighted by Gasteiger charge is -2.44. The maximum Gasteiger partial charge on any atom is 0.407 e. The van der Waals surface area contributed by atoms with E-state index < -0.39 is 6.09 Å². The van der Waals surface area contributed by atoms with E-state index in [1.165, 1.54) is 4.90 Å². The van der Waals surface area contributed by atoms with Crippen LogP contribution in [0.1, 0.15) is 13.0 Å². The van der Waals surface area contributed by atoms with Gasteiger partial charge in [0.2, 0.25) is 0 Å². The summed E-state index contributed by atoms with van der Waals surface area (Å²) in [6.45, 7) is 2.47. The van der Waals surface area contributed by atoms with Crippen molar-refractivity contribution in [3.05, 3.63) is 18.7 Å². The van der Waals surface area contributed by atoms with Crippen LogP contribution in [0, 0.1) is 0 Å². The van der Waals surface area contributed by atoms with Crippen LogP contribution in [-0.2, 0) is 0 Å². The summed E-state index contributed by atoms with van der Waals surface area (Å²) < 4.78 is 1.95. The highest BCUT2D eigenvalue weighted by molar-refractivity contribution is 5.66. The zero-order valence-electron chi connectivity index (χ0n) is 7.29. The van der Waals surface area contributed by atoms with Gasteiger partial charge in [0.1, 0.15) is 0 Å². The molecule has 1 N–H and O–H groups in total. The molecule has 0 aliphatic carbocycles. The van der Waals surface area contributed by atoms with Gasteiger partial charge in [0, 0.05) is 18.9 Å². The molecule has 1 fully saturated rings. The quantitative estimate of drug-likeness (QED) is 0.697. The van der Waals surface area contributed by atoms with Crippen LogP contribution >= 0.6 is 0 Å². The lowest BCUT2D eigenvalue weighted by atomic mass is 9.99. The number of aromatic nitrogens is 2. The van der Waals surface area contributed by atoms with Crippen molar-refractivity contribution >= 4 is 6.09 Å². The minimum absolute atomic E-state index is 0.0479. The summed E-state index contributed by atoms with van der Waals surface area (Å²) in [5, 5.41) is 8.72. The molecule has 2 atom stereocenters. The first-order chi connectivity index (χ1) is 6.20. The molecule has 13 heavy (non-hydrogen) atoms. The third-order valence-corrected chi connectivity index (χ3v) is 2.59. The average molecular weight is 181 g/mol. The number of amides is 1. The van der Waals surface area contributed by atoms with Crippen molar-refractivity contribution in [2.24, 2.45) is 0 Å². The number of hydrogen-bond acceptors (Lipinski definition) is 2. The molecule has 1 aliphatic heterocycles. The van der Waals surface area contributed by atoms with Crippen LogP contribution < -0.4 is 0 Å². The Morgan fingerprint density at radius 2 is 2.46 bits per heavy atom. The van der Waals surface area contributed by atoms with Crippen molar-refractivity contribution in [3.8, 4) is 0 Å². The van der Waals surface area contributed by atoms with Crippen molar-refractivity contribution in [1.82, 2.24) is 14.5 Å². The Morgan fingerprint density at radius 1 is 1.69 bits per heavy atom. The molecule has 0 unspecified atom stereocenters. The highest BCUT2D eigenvalue weighted by atomic mass is 16.4. The maximum atomic E-state index is 10.6. The Kier molecular flexibility index (Phi) is 1.72. The van der Waals surface area contributed by atoms with Gasteiger partial charge in [-0.1, -0.05) is 0 Å². The molecule has 2 heterocycles. The van der Waals surface area contributed by atoms with Crippen molar-refractivity contribution in [2.45, 2.75) is 19.0 Å². The van der Waals surface area contributed by atoms with Crippen LogP contribution in [0.3, 0.4) is 0 Å². The van der Waals surface area contributed by atoms with Gasteiger partial charge in [-0.2, -0.15) is 0 Å². The highest BCUT2D eigenvalue weighted by Crippen LogP contribution is 2.28. The van der Waals surface area contributed by atoms with Gasteiger partial charge >= 0.3 is 6.09 Å². The molecule has 1 aromatic heterocycles. The Balaban J connectivity index is 2.05. The van der Waals surface area contributed by atoms with Gasteiger partial charge in [0.25, 0.3) is 0 Å².